The van der Waals surface area contributed by atoms with E-state index in [4.69, 9.17) is 21.3 Å². The van der Waals surface area contributed by atoms with Gasteiger partial charge in [-0.25, -0.2) is 9.69 Å². The lowest BCUT2D eigenvalue weighted by Crippen LogP contribution is -2.66. The van der Waals surface area contributed by atoms with Gasteiger partial charge in [0.25, 0.3) is 17.7 Å². The van der Waals surface area contributed by atoms with Gasteiger partial charge in [-0.2, -0.15) is 5.26 Å². The van der Waals surface area contributed by atoms with E-state index in [1.165, 1.54) is 16.7 Å². The van der Waals surface area contributed by atoms with Crippen molar-refractivity contribution in [2.75, 3.05) is 12.6 Å². The van der Waals surface area contributed by atoms with E-state index in [0.717, 1.165) is 48.5 Å². The number of likely N-dealkylation sites (tertiary alicyclic amines) is 1. The van der Waals surface area contributed by atoms with Crippen molar-refractivity contribution in [3.05, 3.63) is 47.5 Å². The minimum Gasteiger partial charge on any atom is -0.442 e. The zero-order chi connectivity index (χ0) is 27.0. The number of alkyl halides is 1. The molecule has 1 aliphatic carbocycles. The number of nitrogens with zero attached hydrogens (tertiary/aromatic N) is 4. The van der Waals surface area contributed by atoms with Crippen LogP contribution in [0.2, 0.25) is 0 Å². The van der Waals surface area contributed by atoms with Crippen LogP contribution in [0.5, 0.6) is 0 Å². The van der Waals surface area contributed by atoms with Crippen molar-refractivity contribution in [2.24, 2.45) is 16.8 Å². The summed E-state index contributed by atoms with van der Waals surface area (Å²) in [5.41, 5.74) is 0.786. The number of amides is 3. The maximum absolute atomic E-state index is 13.2. The lowest BCUT2D eigenvalue weighted by molar-refractivity contribution is -0.162. The van der Waals surface area contributed by atoms with Gasteiger partial charge in [0.05, 0.1) is 22.2 Å². The fourth-order valence-corrected chi connectivity index (χ4v) is 7.12. The van der Waals surface area contributed by atoms with Crippen LogP contribution in [-0.2, 0) is 14.3 Å². The number of benzene rings is 1. The lowest BCUT2D eigenvalue weighted by atomic mass is 9.87. The maximum Gasteiger partial charge on any atom is 0.335 e. The number of aliphatic imine (C=N–C) groups is 1. The predicted molar refractivity (Wildman–Crippen MR) is 141 cm³/mol. The van der Waals surface area contributed by atoms with E-state index in [1.54, 1.807) is 24.3 Å². The summed E-state index contributed by atoms with van der Waals surface area (Å²) in [6, 6.07) is 7.06. The maximum atomic E-state index is 13.2. The van der Waals surface area contributed by atoms with Crippen molar-refractivity contribution < 1.29 is 23.9 Å². The molecular formula is C27H27ClN4O5S. The van der Waals surface area contributed by atoms with Crippen LogP contribution in [0.25, 0.3) is 0 Å². The van der Waals surface area contributed by atoms with Crippen molar-refractivity contribution in [3.8, 4) is 6.07 Å². The normalized spacial score (nSPS) is 27.4. The highest BCUT2D eigenvalue weighted by Crippen LogP contribution is 2.45. The van der Waals surface area contributed by atoms with Crippen molar-refractivity contribution in [1.29, 1.82) is 5.26 Å². The van der Waals surface area contributed by atoms with E-state index in [0.29, 0.717) is 0 Å². The molecule has 11 heteroatoms. The van der Waals surface area contributed by atoms with E-state index in [1.807, 2.05) is 0 Å². The molecule has 3 aliphatic heterocycles. The number of carbonyl (C=O) groups excluding carboxylic acids is 4. The SMILES string of the molecule is C=C(CCl)C(C(=O)OCN1C(=O)c2ccccc2C1=O)N1C(=O)C2N=C(C3CCCC(C#N)CCC3)SC21. The molecule has 198 valence electrons. The van der Waals surface area contributed by atoms with Crippen LogP contribution in [0.4, 0.5) is 0 Å². The highest BCUT2D eigenvalue weighted by molar-refractivity contribution is 8.14. The van der Waals surface area contributed by atoms with E-state index < -0.39 is 36.6 Å². The Labute approximate surface area is 229 Å². The molecule has 9 nitrogen and oxygen atoms in total. The molecule has 0 N–H and O–H groups in total. The molecule has 0 aromatic heterocycles. The standard InChI is InChI=1S/C27H27ClN4O5S/c1-15(12-28)21(27(36)37-14-31-23(33)18-10-2-3-11-19(18)24(31)34)32-25(35)20-26(32)38-22(30-20)17-8-4-6-16(13-29)7-5-9-17/h2-3,10-11,16-17,20-21,26H,1,4-9,12,14H2. The molecule has 5 rings (SSSR count). The summed E-state index contributed by atoms with van der Waals surface area (Å²) in [5, 5.41) is 9.79. The molecule has 2 fully saturated rings. The van der Waals surface area contributed by atoms with Gasteiger partial charge in [-0.1, -0.05) is 43.3 Å². The first-order valence-corrected chi connectivity index (χ1v) is 14.1. The second kappa shape index (κ2) is 10.9. The molecule has 1 saturated heterocycles. The Morgan fingerprint density at radius 1 is 1.16 bits per heavy atom. The summed E-state index contributed by atoms with van der Waals surface area (Å²) in [6.07, 6.45) is 5.45. The zero-order valence-corrected chi connectivity index (χ0v) is 22.2. The highest BCUT2D eigenvalue weighted by atomic mass is 35.5. The van der Waals surface area contributed by atoms with Gasteiger partial charge in [0.15, 0.2) is 18.8 Å². The van der Waals surface area contributed by atoms with E-state index >= 15 is 0 Å². The Morgan fingerprint density at radius 3 is 2.37 bits per heavy atom. The van der Waals surface area contributed by atoms with Crippen LogP contribution in [0.15, 0.2) is 41.4 Å². The number of carbonyl (C=O) groups is 4. The Morgan fingerprint density at radius 2 is 1.79 bits per heavy atom. The fraction of sp³-hybridized carbons (Fsp3) is 0.481. The summed E-state index contributed by atoms with van der Waals surface area (Å²) in [5.74, 6) is -1.93. The number of rotatable bonds is 7. The van der Waals surface area contributed by atoms with E-state index in [-0.39, 0.29) is 45.7 Å². The van der Waals surface area contributed by atoms with Crippen LogP contribution >= 0.6 is 23.4 Å². The second-order valence-corrected chi connectivity index (χ2v) is 11.3. The summed E-state index contributed by atoms with van der Waals surface area (Å²) in [7, 11) is 0. The van der Waals surface area contributed by atoms with Gasteiger partial charge in [0, 0.05) is 17.7 Å². The van der Waals surface area contributed by atoms with Crippen molar-refractivity contribution >= 4 is 52.1 Å². The molecule has 3 amide bonds. The molecule has 0 spiro atoms. The molecule has 3 heterocycles. The molecular weight excluding hydrogens is 528 g/mol. The zero-order valence-electron chi connectivity index (χ0n) is 20.7. The molecule has 3 atom stereocenters. The number of imide groups is 1. The molecule has 0 bridgehead atoms. The van der Waals surface area contributed by atoms with E-state index in [2.05, 4.69) is 12.6 Å². The second-order valence-electron chi connectivity index (χ2n) is 9.92. The van der Waals surface area contributed by atoms with Gasteiger partial charge < -0.3 is 9.64 Å². The van der Waals surface area contributed by atoms with Gasteiger partial charge in [-0.05, 0) is 43.4 Å². The summed E-state index contributed by atoms with van der Waals surface area (Å²) < 4.78 is 5.39. The van der Waals surface area contributed by atoms with Crippen LogP contribution in [-0.4, -0.2) is 68.6 Å². The Hall–Kier alpha value is -3.16. The number of hydrogen-bond acceptors (Lipinski definition) is 8. The van der Waals surface area contributed by atoms with Gasteiger partial charge in [0.1, 0.15) is 5.37 Å². The molecule has 0 radical (unpaired) electrons. The van der Waals surface area contributed by atoms with Gasteiger partial charge in [0.2, 0.25) is 0 Å². The number of fused-ring (bicyclic) bond motifs is 2. The average molecular weight is 555 g/mol. The molecule has 4 aliphatic rings. The minimum absolute atomic E-state index is 0.0744. The quantitative estimate of drug-likeness (QED) is 0.165. The number of β-lactam (4-membered cyclic amide) rings is 1. The predicted octanol–water partition coefficient (Wildman–Crippen LogP) is 3.74. The van der Waals surface area contributed by atoms with Crippen LogP contribution in [0.1, 0.15) is 59.2 Å². The van der Waals surface area contributed by atoms with E-state index in [9.17, 15) is 24.4 Å². The number of hydrogen-bond donors (Lipinski definition) is 0. The van der Waals surface area contributed by atoms with Gasteiger partial charge >= 0.3 is 5.97 Å². The topological polar surface area (TPSA) is 120 Å². The smallest absolute Gasteiger partial charge is 0.335 e. The third kappa shape index (κ3) is 4.63. The minimum atomic E-state index is -1.15. The highest BCUT2D eigenvalue weighted by Gasteiger charge is 2.57. The summed E-state index contributed by atoms with van der Waals surface area (Å²) in [4.78, 5) is 58.6. The third-order valence-electron chi connectivity index (χ3n) is 7.58. The molecule has 1 aromatic rings. The van der Waals surface area contributed by atoms with Crippen LogP contribution < -0.4 is 0 Å². The summed E-state index contributed by atoms with van der Waals surface area (Å²) in [6.45, 7) is 3.31. The largest absolute Gasteiger partial charge is 0.442 e. The fourth-order valence-electron chi connectivity index (χ4n) is 5.48. The van der Waals surface area contributed by atoms with Gasteiger partial charge in [-0.3, -0.25) is 19.4 Å². The Kier molecular flexibility index (Phi) is 7.59. The number of nitriles is 1. The van der Waals surface area contributed by atoms with Crippen LogP contribution in [0, 0.1) is 23.2 Å². The monoisotopic (exact) mass is 554 g/mol. The average Bonchev–Trinajstić information content (AvgIpc) is 3.41. The first-order valence-electron chi connectivity index (χ1n) is 12.7. The molecule has 3 unspecified atom stereocenters. The van der Waals surface area contributed by atoms with Crippen molar-refractivity contribution in [1.82, 2.24) is 9.80 Å². The molecule has 1 aromatic carbocycles. The lowest BCUT2D eigenvalue weighted by Gasteiger charge is -2.45. The van der Waals surface area contributed by atoms with Crippen molar-refractivity contribution in [3.63, 3.8) is 0 Å². The Bertz CT molecular complexity index is 1230. The number of thioether (sulfide) groups is 1. The number of ether oxygens (including phenoxy) is 1. The number of halogens is 1. The third-order valence-corrected chi connectivity index (χ3v) is 9.33. The Balaban J connectivity index is 1.24. The first-order chi connectivity index (χ1) is 18.3. The van der Waals surface area contributed by atoms with Gasteiger partial charge in [-0.15, -0.1) is 11.6 Å². The molecule has 1 saturated carbocycles. The first kappa shape index (κ1) is 26.4. The van der Waals surface area contributed by atoms with Crippen molar-refractivity contribution in [2.45, 2.75) is 56.0 Å². The molecule has 38 heavy (non-hydrogen) atoms. The van der Waals surface area contributed by atoms with Crippen LogP contribution in [0.3, 0.4) is 0 Å². The summed E-state index contributed by atoms with van der Waals surface area (Å²) >= 11 is 7.52. The number of esters is 1.